The molecule has 0 aliphatic carbocycles. The predicted octanol–water partition coefficient (Wildman–Crippen LogP) is 2.27. The fraction of sp³-hybridized carbons (Fsp3) is 0.300. The van der Waals surface area contributed by atoms with Crippen LogP contribution >= 0.6 is 0 Å². The Bertz CT molecular complexity index is 1030. The van der Waals surface area contributed by atoms with E-state index in [0.29, 0.717) is 29.7 Å². The van der Waals surface area contributed by atoms with E-state index in [9.17, 15) is 22.4 Å². The third kappa shape index (κ3) is 4.63. The van der Waals surface area contributed by atoms with Gasteiger partial charge in [-0.05, 0) is 67.8 Å². The van der Waals surface area contributed by atoms with Crippen molar-refractivity contribution in [2.75, 3.05) is 18.4 Å². The molecule has 0 unspecified atom stereocenters. The highest BCUT2D eigenvalue weighted by Gasteiger charge is 2.32. The molecule has 2 aromatic carbocycles. The van der Waals surface area contributed by atoms with Crippen LogP contribution in [0.25, 0.3) is 0 Å². The van der Waals surface area contributed by atoms with Crippen LogP contribution in [0.2, 0.25) is 0 Å². The van der Waals surface area contributed by atoms with Crippen LogP contribution in [0.15, 0.2) is 47.4 Å². The van der Waals surface area contributed by atoms with Gasteiger partial charge in [0.25, 0.3) is 0 Å². The van der Waals surface area contributed by atoms with E-state index in [0.717, 1.165) is 12.1 Å². The molecule has 2 amide bonds. The Morgan fingerprint density at radius 2 is 1.72 bits per heavy atom. The zero-order valence-electron chi connectivity index (χ0n) is 15.9. The van der Waals surface area contributed by atoms with Crippen LogP contribution in [0.3, 0.4) is 0 Å². The minimum atomic E-state index is -3.71. The minimum absolute atomic E-state index is 0.0341. The van der Waals surface area contributed by atoms with Crippen LogP contribution < -0.4 is 11.1 Å². The summed E-state index contributed by atoms with van der Waals surface area (Å²) in [4.78, 5) is 23.9. The van der Waals surface area contributed by atoms with Gasteiger partial charge in [-0.2, -0.15) is 4.31 Å². The third-order valence-electron chi connectivity index (χ3n) is 5.04. The fourth-order valence-electron chi connectivity index (χ4n) is 3.38. The van der Waals surface area contributed by atoms with Gasteiger partial charge in [-0.1, -0.05) is 0 Å². The summed E-state index contributed by atoms with van der Waals surface area (Å²) < 4.78 is 39.7. The largest absolute Gasteiger partial charge is 0.366 e. The van der Waals surface area contributed by atoms with Crippen molar-refractivity contribution in [3.8, 4) is 0 Å². The standard InChI is InChI=1S/C20H22FN3O4S/c1-13-12-16(4-7-18(13)19(22)25)23-20(26)14-8-10-24(11-9-14)29(27,28)17-5-2-15(21)3-6-17/h2-7,12,14H,8-11H2,1H3,(H2,22,25)(H,23,26). The Morgan fingerprint density at radius 1 is 1.10 bits per heavy atom. The zero-order chi connectivity index (χ0) is 21.2. The Balaban J connectivity index is 1.61. The van der Waals surface area contributed by atoms with Gasteiger partial charge in [0.05, 0.1) is 4.90 Å². The number of nitrogens with two attached hydrogens (primary N) is 1. The van der Waals surface area contributed by atoms with E-state index in [1.165, 1.54) is 16.4 Å². The first kappa shape index (κ1) is 20.9. The highest BCUT2D eigenvalue weighted by Crippen LogP contribution is 2.25. The second kappa shape index (κ2) is 8.30. The molecule has 1 fully saturated rings. The number of halogens is 1. The molecule has 1 saturated heterocycles. The van der Waals surface area contributed by atoms with Gasteiger partial charge in [0, 0.05) is 30.3 Å². The van der Waals surface area contributed by atoms with Crippen LogP contribution in [0.5, 0.6) is 0 Å². The van der Waals surface area contributed by atoms with Gasteiger partial charge in [-0.15, -0.1) is 0 Å². The van der Waals surface area contributed by atoms with Gasteiger partial charge < -0.3 is 11.1 Å². The highest BCUT2D eigenvalue weighted by atomic mass is 32.2. The van der Waals surface area contributed by atoms with Gasteiger partial charge in [0.15, 0.2) is 0 Å². The molecule has 9 heteroatoms. The number of piperidine rings is 1. The average Bonchev–Trinajstić information content (AvgIpc) is 2.68. The number of primary amides is 1. The SMILES string of the molecule is Cc1cc(NC(=O)C2CCN(S(=O)(=O)c3ccc(F)cc3)CC2)ccc1C(N)=O. The molecule has 3 N–H and O–H groups in total. The normalized spacial score (nSPS) is 15.8. The van der Waals surface area contributed by atoms with E-state index in [-0.39, 0.29) is 29.8 Å². The summed E-state index contributed by atoms with van der Waals surface area (Å²) in [6, 6.07) is 9.54. The molecule has 3 rings (SSSR count). The topological polar surface area (TPSA) is 110 Å². The van der Waals surface area contributed by atoms with Crippen molar-refractivity contribution in [3.05, 3.63) is 59.4 Å². The molecule has 0 spiro atoms. The summed E-state index contributed by atoms with van der Waals surface area (Å²) in [6.45, 7) is 2.14. The number of nitrogens with one attached hydrogen (secondary N) is 1. The lowest BCUT2D eigenvalue weighted by Crippen LogP contribution is -2.41. The first-order valence-corrected chi connectivity index (χ1v) is 10.6. The number of hydrogen-bond acceptors (Lipinski definition) is 4. The van der Waals surface area contributed by atoms with E-state index >= 15 is 0 Å². The van der Waals surface area contributed by atoms with Crippen molar-refractivity contribution in [2.45, 2.75) is 24.7 Å². The van der Waals surface area contributed by atoms with Crippen molar-refractivity contribution >= 4 is 27.5 Å². The summed E-state index contributed by atoms with van der Waals surface area (Å²) in [5.74, 6) is -1.56. The van der Waals surface area contributed by atoms with Gasteiger partial charge in [0.1, 0.15) is 5.82 Å². The number of carbonyl (C=O) groups is 2. The molecule has 29 heavy (non-hydrogen) atoms. The minimum Gasteiger partial charge on any atom is -0.366 e. The smallest absolute Gasteiger partial charge is 0.248 e. The molecule has 7 nitrogen and oxygen atoms in total. The maximum atomic E-state index is 13.0. The summed E-state index contributed by atoms with van der Waals surface area (Å²) in [6.07, 6.45) is 0.759. The van der Waals surface area contributed by atoms with Crippen LogP contribution in [0, 0.1) is 18.7 Å². The number of anilines is 1. The Labute approximate surface area is 168 Å². The Kier molecular flexibility index (Phi) is 5.99. The summed E-state index contributed by atoms with van der Waals surface area (Å²) in [5, 5.41) is 2.81. The molecule has 0 radical (unpaired) electrons. The molecule has 0 atom stereocenters. The number of benzene rings is 2. The third-order valence-corrected chi connectivity index (χ3v) is 6.95. The predicted molar refractivity (Wildman–Crippen MR) is 106 cm³/mol. The molecule has 0 aromatic heterocycles. The van der Waals surface area contributed by atoms with Crippen LogP contribution in [0.4, 0.5) is 10.1 Å². The molecule has 1 heterocycles. The molecule has 0 saturated carbocycles. The number of hydrogen-bond donors (Lipinski definition) is 2. The first-order chi connectivity index (χ1) is 13.7. The van der Waals surface area contributed by atoms with Gasteiger partial charge in [0.2, 0.25) is 21.8 Å². The number of amides is 2. The van der Waals surface area contributed by atoms with E-state index in [1.807, 2.05) is 0 Å². The highest BCUT2D eigenvalue weighted by molar-refractivity contribution is 7.89. The van der Waals surface area contributed by atoms with Crippen LogP contribution in [-0.2, 0) is 14.8 Å². The molecular formula is C20H22FN3O4S. The zero-order valence-corrected chi connectivity index (χ0v) is 16.7. The average molecular weight is 419 g/mol. The number of sulfonamides is 1. The second-order valence-corrected chi connectivity index (χ2v) is 8.95. The lowest BCUT2D eigenvalue weighted by molar-refractivity contribution is -0.120. The Hall–Kier alpha value is -2.78. The van der Waals surface area contributed by atoms with Crippen molar-refractivity contribution in [1.29, 1.82) is 0 Å². The Morgan fingerprint density at radius 3 is 2.28 bits per heavy atom. The summed E-state index contributed by atoms with van der Waals surface area (Å²) in [7, 11) is -3.71. The summed E-state index contributed by atoms with van der Waals surface area (Å²) in [5.41, 5.74) is 6.89. The molecule has 1 aliphatic rings. The lowest BCUT2D eigenvalue weighted by Gasteiger charge is -2.30. The van der Waals surface area contributed by atoms with E-state index in [4.69, 9.17) is 5.73 Å². The van der Waals surface area contributed by atoms with Crippen molar-refractivity contribution in [2.24, 2.45) is 11.7 Å². The van der Waals surface area contributed by atoms with Crippen molar-refractivity contribution < 1.29 is 22.4 Å². The van der Waals surface area contributed by atoms with E-state index < -0.39 is 21.7 Å². The number of rotatable bonds is 5. The molecule has 0 bridgehead atoms. The lowest BCUT2D eigenvalue weighted by atomic mass is 9.97. The van der Waals surface area contributed by atoms with E-state index in [1.54, 1.807) is 25.1 Å². The van der Waals surface area contributed by atoms with Gasteiger partial charge in [-0.3, -0.25) is 9.59 Å². The quantitative estimate of drug-likeness (QED) is 0.775. The van der Waals surface area contributed by atoms with Crippen molar-refractivity contribution in [1.82, 2.24) is 4.31 Å². The number of nitrogens with zero attached hydrogens (tertiary/aromatic N) is 1. The molecule has 1 aliphatic heterocycles. The van der Waals surface area contributed by atoms with Crippen LogP contribution in [-0.4, -0.2) is 37.6 Å². The van der Waals surface area contributed by atoms with Gasteiger partial charge in [-0.25, -0.2) is 12.8 Å². The molecule has 154 valence electrons. The fourth-order valence-corrected chi connectivity index (χ4v) is 4.85. The second-order valence-electron chi connectivity index (χ2n) is 7.02. The number of aryl methyl sites for hydroxylation is 1. The molecular weight excluding hydrogens is 397 g/mol. The number of carbonyl (C=O) groups excluding carboxylic acids is 2. The maximum Gasteiger partial charge on any atom is 0.248 e. The first-order valence-electron chi connectivity index (χ1n) is 9.15. The van der Waals surface area contributed by atoms with Crippen LogP contribution in [0.1, 0.15) is 28.8 Å². The monoisotopic (exact) mass is 419 g/mol. The van der Waals surface area contributed by atoms with E-state index in [2.05, 4.69) is 5.32 Å². The molecule has 2 aromatic rings. The maximum absolute atomic E-state index is 13.0. The van der Waals surface area contributed by atoms with Gasteiger partial charge >= 0.3 is 0 Å². The summed E-state index contributed by atoms with van der Waals surface area (Å²) >= 11 is 0. The van der Waals surface area contributed by atoms with Crippen molar-refractivity contribution in [3.63, 3.8) is 0 Å².